The number of nitrogens with zero attached hydrogens (tertiary/aromatic N) is 3. The fourth-order valence-corrected chi connectivity index (χ4v) is 5.49. The van der Waals surface area contributed by atoms with Crippen LogP contribution >= 0.6 is 11.3 Å². The van der Waals surface area contributed by atoms with Crippen LogP contribution in [0.1, 0.15) is 34.5 Å². The molecule has 3 heterocycles. The van der Waals surface area contributed by atoms with Crippen LogP contribution in [0.15, 0.2) is 51.8 Å². The largest absolute Gasteiger partial charge is 0.488 e. The Morgan fingerprint density at radius 3 is 2.59 bits per heavy atom. The highest BCUT2D eigenvalue weighted by Crippen LogP contribution is 2.34. The number of ether oxygens (including phenoxy) is 1. The molecule has 0 unspecified atom stereocenters. The molecule has 0 spiro atoms. The van der Waals surface area contributed by atoms with Gasteiger partial charge in [0.15, 0.2) is 5.82 Å². The number of aromatic amines is 1. The molecule has 8 nitrogen and oxygen atoms in total. The summed E-state index contributed by atoms with van der Waals surface area (Å²) in [5.41, 5.74) is 2.31. The minimum atomic E-state index is -4.39. The molecule has 0 aliphatic carbocycles. The maximum absolute atomic E-state index is 13.0. The lowest BCUT2D eigenvalue weighted by atomic mass is 10.1. The first kappa shape index (κ1) is 27.1. The number of halogens is 3. The fourth-order valence-electron chi connectivity index (χ4n) is 4.50. The molecule has 12 heteroatoms. The van der Waals surface area contributed by atoms with Gasteiger partial charge in [0, 0.05) is 30.8 Å². The summed E-state index contributed by atoms with van der Waals surface area (Å²) >= 11 is 1.41. The third-order valence-electron chi connectivity index (χ3n) is 6.60. The molecule has 2 aromatic carbocycles. The second kappa shape index (κ2) is 11.7. The second-order valence-corrected chi connectivity index (χ2v) is 10.5. The molecule has 1 aliphatic rings. The fraction of sp³-hybridized carbons (Fsp3) is 0.370. The van der Waals surface area contributed by atoms with E-state index >= 15 is 0 Å². The van der Waals surface area contributed by atoms with Gasteiger partial charge in [0.25, 0.3) is 0 Å². The minimum absolute atomic E-state index is 0.251. The van der Waals surface area contributed by atoms with Crippen molar-refractivity contribution in [2.75, 3.05) is 26.2 Å². The molecule has 39 heavy (non-hydrogen) atoms. The van der Waals surface area contributed by atoms with E-state index in [0.29, 0.717) is 28.7 Å². The van der Waals surface area contributed by atoms with Gasteiger partial charge < -0.3 is 15.0 Å². The van der Waals surface area contributed by atoms with Crippen molar-refractivity contribution < 1.29 is 22.4 Å². The van der Waals surface area contributed by atoms with Gasteiger partial charge in [0.1, 0.15) is 17.4 Å². The number of thiazole rings is 1. The minimum Gasteiger partial charge on any atom is -0.488 e. The number of H-pyrrole nitrogens is 1. The van der Waals surface area contributed by atoms with Crippen LogP contribution in [0.3, 0.4) is 0 Å². The number of aryl methyl sites for hydroxylation is 1. The Bertz CT molecular complexity index is 1460. The molecule has 206 valence electrons. The number of hydrogen-bond donors (Lipinski definition) is 2. The molecule has 2 N–H and O–H groups in total. The van der Waals surface area contributed by atoms with Crippen molar-refractivity contribution in [2.24, 2.45) is 0 Å². The molecule has 0 atom stereocenters. The maximum atomic E-state index is 13.0. The summed E-state index contributed by atoms with van der Waals surface area (Å²) in [7, 11) is 0. The molecule has 1 fully saturated rings. The zero-order chi connectivity index (χ0) is 27.4. The zero-order valence-corrected chi connectivity index (χ0v) is 22.1. The quantitative estimate of drug-likeness (QED) is 0.257. The van der Waals surface area contributed by atoms with E-state index in [2.05, 4.69) is 24.9 Å². The first-order valence-corrected chi connectivity index (χ1v) is 13.5. The van der Waals surface area contributed by atoms with Crippen molar-refractivity contribution in [3.63, 3.8) is 0 Å². The Balaban J connectivity index is 1.31. The predicted octanol–water partition coefficient (Wildman–Crippen LogP) is 5.25. The number of benzene rings is 2. The van der Waals surface area contributed by atoms with E-state index in [-0.39, 0.29) is 6.61 Å². The summed E-state index contributed by atoms with van der Waals surface area (Å²) in [5, 5.41) is 7.82. The summed E-state index contributed by atoms with van der Waals surface area (Å²) < 4.78 is 49.7. The van der Waals surface area contributed by atoms with Crippen LogP contribution in [0.25, 0.3) is 22.0 Å². The van der Waals surface area contributed by atoms with Gasteiger partial charge in [-0.25, -0.2) is 9.78 Å². The zero-order valence-electron chi connectivity index (χ0n) is 21.3. The van der Waals surface area contributed by atoms with Gasteiger partial charge in [-0.05, 0) is 68.8 Å². The summed E-state index contributed by atoms with van der Waals surface area (Å²) in [6, 6.07) is 10.5. The molecule has 5 rings (SSSR count). The van der Waals surface area contributed by atoms with Gasteiger partial charge in [-0.15, -0.1) is 11.3 Å². The maximum Gasteiger partial charge on any atom is 0.439 e. The molecule has 0 saturated carbocycles. The lowest BCUT2D eigenvalue weighted by Crippen LogP contribution is -2.29. The third-order valence-corrected chi connectivity index (χ3v) is 7.72. The molecule has 1 aliphatic heterocycles. The highest BCUT2D eigenvalue weighted by Gasteiger charge is 2.30. The van der Waals surface area contributed by atoms with Crippen molar-refractivity contribution in [1.82, 2.24) is 25.3 Å². The van der Waals surface area contributed by atoms with Crippen molar-refractivity contribution >= 4 is 11.3 Å². The van der Waals surface area contributed by atoms with E-state index in [1.165, 1.54) is 36.3 Å². The topological polar surface area (TPSA) is 96.3 Å². The Morgan fingerprint density at radius 1 is 1.15 bits per heavy atom. The molecule has 2 aromatic heterocycles. The van der Waals surface area contributed by atoms with E-state index in [1.54, 1.807) is 12.1 Å². The SMILES string of the molecule is Cc1cc(OCc2sc(-c3ccc(C(F)(F)F)cc3)nc2CNCCN2CCCC2)ccc1-c1noc(=O)[nH]1. The smallest absolute Gasteiger partial charge is 0.439 e. The number of rotatable bonds is 10. The number of nitrogens with one attached hydrogen (secondary N) is 2. The third kappa shape index (κ3) is 6.75. The Hall–Kier alpha value is -3.48. The van der Waals surface area contributed by atoms with E-state index in [9.17, 15) is 18.0 Å². The average molecular weight is 560 g/mol. The summed E-state index contributed by atoms with van der Waals surface area (Å²) in [4.78, 5) is 21.9. The molecular weight excluding hydrogens is 531 g/mol. The van der Waals surface area contributed by atoms with Gasteiger partial charge in [0.05, 0.1) is 16.1 Å². The number of alkyl halides is 3. The lowest BCUT2D eigenvalue weighted by molar-refractivity contribution is -0.137. The van der Waals surface area contributed by atoms with E-state index in [4.69, 9.17) is 9.72 Å². The van der Waals surface area contributed by atoms with Crippen LogP contribution in [0.4, 0.5) is 13.2 Å². The van der Waals surface area contributed by atoms with Crippen LogP contribution in [-0.4, -0.2) is 46.2 Å². The standard InChI is InChI=1S/C27H28F3N5O3S/c1-17-14-20(8-9-21(17)24-33-26(36)38-34-24)37-16-23-22(15-31-10-13-35-11-2-3-12-35)32-25(39-23)18-4-6-19(7-5-18)27(28,29)30/h4-9,14,31H,2-3,10-13,15-16H2,1H3,(H,33,34,36). The van der Waals surface area contributed by atoms with Crippen LogP contribution in [0, 0.1) is 6.92 Å². The first-order valence-electron chi connectivity index (χ1n) is 12.7. The normalized spacial score (nSPS) is 14.3. The molecule has 0 bridgehead atoms. The van der Waals surface area contributed by atoms with Crippen LogP contribution in [0.2, 0.25) is 0 Å². The van der Waals surface area contributed by atoms with Crippen molar-refractivity contribution in [3.05, 3.63) is 74.7 Å². The number of hydrogen-bond acceptors (Lipinski definition) is 8. The van der Waals surface area contributed by atoms with Crippen LogP contribution in [-0.2, 0) is 19.3 Å². The van der Waals surface area contributed by atoms with E-state index in [1.807, 2.05) is 13.0 Å². The summed E-state index contributed by atoms with van der Waals surface area (Å²) in [5.74, 6) is 0.342. The average Bonchev–Trinajstić information content (AvgIpc) is 3.67. The monoisotopic (exact) mass is 559 g/mol. The van der Waals surface area contributed by atoms with Crippen LogP contribution in [0.5, 0.6) is 5.75 Å². The molecular formula is C27H28F3N5O3S. The van der Waals surface area contributed by atoms with Gasteiger partial charge in [-0.1, -0.05) is 17.3 Å². The van der Waals surface area contributed by atoms with Gasteiger partial charge in [0.2, 0.25) is 0 Å². The molecule has 1 saturated heterocycles. The number of likely N-dealkylation sites (tertiary alicyclic amines) is 1. The van der Waals surface area contributed by atoms with Crippen molar-refractivity contribution in [2.45, 2.75) is 39.1 Å². The highest BCUT2D eigenvalue weighted by atomic mass is 32.1. The number of aromatic nitrogens is 3. The Labute approximate surface area is 226 Å². The van der Waals surface area contributed by atoms with E-state index < -0.39 is 17.5 Å². The Kier molecular flexibility index (Phi) is 8.15. The van der Waals surface area contributed by atoms with Crippen molar-refractivity contribution in [1.29, 1.82) is 0 Å². The highest BCUT2D eigenvalue weighted by molar-refractivity contribution is 7.15. The van der Waals surface area contributed by atoms with Gasteiger partial charge in [-0.3, -0.25) is 9.51 Å². The molecule has 0 radical (unpaired) electrons. The first-order chi connectivity index (χ1) is 18.8. The lowest BCUT2D eigenvalue weighted by Gasteiger charge is -2.14. The van der Waals surface area contributed by atoms with Gasteiger partial charge in [-0.2, -0.15) is 13.2 Å². The van der Waals surface area contributed by atoms with Gasteiger partial charge >= 0.3 is 11.9 Å². The van der Waals surface area contributed by atoms with E-state index in [0.717, 1.165) is 60.0 Å². The van der Waals surface area contributed by atoms with Crippen molar-refractivity contribution in [3.8, 4) is 27.7 Å². The second-order valence-electron chi connectivity index (χ2n) is 9.40. The predicted molar refractivity (Wildman–Crippen MR) is 142 cm³/mol. The Morgan fingerprint density at radius 2 is 1.92 bits per heavy atom. The summed E-state index contributed by atoms with van der Waals surface area (Å²) in [6.45, 7) is 6.69. The summed E-state index contributed by atoms with van der Waals surface area (Å²) in [6.07, 6.45) is -1.91. The molecule has 4 aromatic rings. The molecule has 0 amide bonds. The van der Waals surface area contributed by atoms with Crippen LogP contribution < -0.4 is 15.8 Å².